The van der Waals surface area contributed by atoms with Gasteiger partial charge in [0.25, 0.3) is 0 Å². The van der Waals surface area contributed by atoms with Crippen molar-refractivity contribution in [1.29, 1.82) is 0 Å². The molecule has 132 valence electrons. The van der Waals surface area contributed by atoms with Gasteiger partial charge in [0.15, 0.2) is 0 Å². The third kappa shape index (κ3) is 17.8. The van der Waals surface area contributed by atoms with Crippen molar-refractivity contribution in [3.8, 4) is 0 Å². The second kappa shape index (κ2) is 14.3. The zero-order chi connectivity index (χ0) is 16.7. The first kappa shape index (κ1) is 21.7. The highest BCUT2D eigenvalue weighted by molar-refractivity contribution is 4.84. The number of allylic oxidation sites excluding steroid dienone is 1. The third-order valence-electron chi connectivity index (χ3n) is 4.26. The zero-order valence-corrected chi connectivity index (χ0v) is 15.9. The van der Waals surface area contributed by atoms with E-state index >= 15 is 0 Å². The maximum absolute atomic E-state index is 9.86. The molecule has 0 heterocycles. The van der Waals surface area contributed by atoms with Crippen LogP contribution in [-0.4, -0.2) is 11.2 Å². The minimum absolute atomic E-state index is 0.120. The average molecular weight is 311 g/mol. The van der Waals surface area contributed by atoms with Crippen LogP contribution in [0.1, 0.15) is 111 Å². The van der Waals surface area contributed by atoms with Gasteiger partial charge in [-0.3, -0.25) is 0 Å². The molecule has 0 aliphatic rings. The van der Waals surface area contributed by atoms with Crippen LogP contribution in [0, 0.1) is 5.41 Å². The van der Waals surface area contributed by atoms with Gasteiger partial charge in [-0.1, -0.05) is 91.2 Å². The lowest BCUT2D eigenvalue weighted by Crippen LogP contribution is -2.04. The molecule has 0 saturated carbocycles. The van der Waals surface area contributed by atoms with Crippen LogP contribution in [0.5, 0.6) is 0 Å². The van der Waals surface area contributed by atoms with Crippen LogP contribution in [-0.2, 0) is 0 Å². The molecule has 0 amide bonds. The quantitative estimate of drug-likeness (QED) is 0.269. The number of hydrogen-bond donors (Lipinski definition) is 1. The third-order valence-corrected chi connectivity index (χ3v) is 4.26. The molecule has 0 aliphatic heterocycles. The molecule has 0 aromatic heterocycles. The fourth-order valence-electron chi connectivity index (χ4n) is 2.74. The lowest BCUT2D eigenvalue weighted by Gasteiger charge is -2.17. The highest BCUT2D eigenvalue weighted by Gasteiger charge is 2.08. The molecule has 0 spiro atoms. The van der Waals surface area contributed by atoms with E-state index in [1.807, 2.05) is 0 Å². The molecule has 0 unspecified atom stereocenters. The smallest absolute Gasteiger partial charge is 0.0574 e. The molecule has 0 fully saturated rings. The second-order valence-electron chi connectivity index (χ2n) is 8.08. The van der Waals surface area contributed by atoms with Crippen molar-refractivity contribution in [1.82, 2.24) is 0 Å². The maximum Gasteiger partial charge on any atom is 0.0574 e. The minimum Gasteiger partial charge on any atom is -0.393 e. The van der Waals surface area contributed by atoms with Crippen molar-refractivity contribution >= 4 is 0 Å². The molecule has 1 nitrogen and oxygen atoms in total. The van der Waals surface area contributed by atoms with Crippen LogP contribution >= 0.6 is 0 Å². The lowest BCUT2D eigenvalue weighted by molar-refractivity contribution is 0.163. The molecule has 0 rings (SSSR count). The van der Waals surface area contributed by atoms with Crippen molar-refractivity contribution in [3.63, 3.8) is 0 Å². The van der Waals surface area contributed by atoms with E-state index in [1.54, 1.807) is 0 Å². The van der Waals surface area contributed by atoms with Gasteiger partial charge in [0.1, 0.15) is 0 Å². The number of hydrogen-bond acceptors (Lipinski definition) is 1. The highest BCUT2D eigenvalue weighted by atomic mass is 16.3. The van der Waals surface area contributed by atoms with Crippen LogP contribution in [0.3, 0.4) is 0 Å². The summed E-state index contributed by atoms with van der Waals surface area (Å²) in [5.74, 6) is 0. The number of aliphatic hydroxyl groups excluding tert-OH is 1. The fourth-order valence-corrected chi connectivity index (χ4v) is 2.74. The molecule has 0 radical (unpaired) electrons. The summed E-state index contributed by atoms with van der Waals surface area (Å²) in [5, 5.41) is 9.86. The Labute approximate surface area is 140 Å². The summed E-state index contributed by atoms with van der Waals surface area (Å²) in [4.78, 5) is 0. The SMILES string of the molecule is CCCCCC[C@H](O)C/C=C\CCCCCCCC(C)(C)C. The first-order valence-corrected chi connectivity index (χ1v) is 9.79. The molecule has 1 heteroatoms. The largest absolute Gasteiger partial charge is 0.393 e. The molecule has 0 aromatic carbocycles. The summed E-state index contributed by atoms with van der Waals surface area (Å²) in [7, 11) is 0. The van der Waals surface area contributed by atoms with E-state index in [-0.39, 0.29) is 6.10 Å². The standard InChI is InChI=1S/C21H42O/c1-5-6-7-14-17-20(22)18-15-12-10-8-9-11-13-16-19-21(2,3)4/h12,15,20,22H,5-11,13-14,16-19H2,1-4H3/b15-12-/t20-/m0/s1. The van der Waals surface area contributed by atoms with Gasteiger partial charge in [-0.05, 0) is 37.5 Å². The predicted octanol–water partition coefficient (Wildman–Crippen LogP) is 7.04. The van der Waals surface area contributed by atoms with E-state index in [2.05, 4.69) is 39.8 Å². The van der Waals surface area contributed by atoms with E-state index in [9.17, 15) is 5.11 Å². The molecule has 0 aliphatic carbocycles. The Morgan fingerprint density at radius 2 is 1.45 bits per heavy atom. The molecule has 1 N–H and O–H groups in total. The second-order valence-corrected chi connectivity index (χ2v) is 8.08. The van der Waals surface area contributed by atoms with Gasteiger partial charge in [-0.25, -0.2) is 0 Å². The van der Waals surface area contributed by atoms with E-state index < -0.39 is 0 Å². The van der Waals surface area contributed by atoms with Crippen molar-refractivity contribution in [2.24, 2.45) is 5.41 Å². The number of aliphatic hydroxyl groups is 1. The van der Waals surface area contributed by atoms with Crippen molar-refractivity contribution in [3.05, 3.63) is 12.2 Å². The van der Waals surface area contributed by atoms with E-state index in [0.29, 0.717) is 5.41 Å². The molecule has 0 saturated heterocycles. The summed E-state index contributed by atoms with van der Waals surface area (Å²) in [6.45, 7) is 9.21. The van der Waals surface area contributed by atoms with Crippen LogP contribution in [0.15, 0.2) is 12.2 Å². The van der Waals surface area contributed by atoms with Crippen molar-refractivity contribution in [2.75, 3.05) is 0 Å². The first-order chi connectivity index (χ1) is 10.5. The molecule has 0 bridgehead atoms. The Morgan fingerprint density at radius 1 is 0.818 bits per heavy atom. The van der Waals surface area contributed by atoms with Crippen molar-refractivity contribution < 1.29 is 5.11 Å². The zero-order valence-electron chi connectivity index (χ0n) is 15.9. The Morgan fingerprint density at radius 3 is 2.14 bits per heavy atom. The maximum atomic E-state index is 9.86. The van der Waals surface area contributed by atoms with Gasteiger partial charge in [0, 0.05) is 0 Å². The Balaban J connectivity index is 3.30. The number of unbranched alkanes of at least 4 members (excludes halogenated alkanes) is 8. The summed E-state index contributed by atoms with van der Waals surface area (Å²) in [6.07, 6.45) is 20.5. The average Bonchev–Trinajstić information content (AvgIpc) is 2.44. The fraction of sp³-hybridized carbons (Fsp3) is 0.905. The van der Waals surface area contributed by atoms with E-state index in [1.165, 1.54) is 70.6 Å². The lowest BCUT2D eigenvalue weighted by atomic mass is 9.89. The highest BCUT2D eigenvalue weighted by Crippen LogP contribution is 2.22. The Kier molecular flexibility index (Phi) is 14.1. The summed E-state index contributed by atoms with van der Waals surface area (Å²) < 4.78 is 0. The normalized spacial score (nSPS) is 13.9. The van der Waals surface area contributed by atoms with Gasteiger partial charge in [0.2, 0.25) is 0 Å². The van der Waals surface area contributed by atoms with Gasteiger partial charge in [-0.2, -0.15) is 0 Å². The predicted molar refractivity (Wildman–Crippen MR) is 100 cm³/mol. The molecular weight excluding hydrogens is 268 g/mol. The van der Waals surface area contributed by atoms with Crippen LogP contribution in [0.25, 0.3) is 0 Å². The molecule has 0 aromatic rings. The molecule has 22 heavy (non-hydrogen) atoms. The van der Waals surface area contributed by atoms with Crippen LogP contribution in [0.4, 0.5) is 0 Å². The van der Waals surface area contributed by atoms with Gasteiger partial charge < -0.3 is 5.11 Å². The van der Waals surface area contributed by atoms with Crippen LogP contribution < -0.4 is 0 Å². The van der Waals surface area contributed by atoms with Crippen molar-refractivity contribution in [2.45, 2.75) is 117 Å². The van der Waals surface area contributed by atoms with Gasteiger partial charge in [0.05, 0.1) is 6.10 Å². The van der Waals surface area contributed by atoms with E-state index in [4.69, 9.17) is 0 Å². The van der Waals surface area contributed by atoms with Gasteiger partial charge in [-0.15, -0.1) is 0 Å². The minimum atomic E-state index is -0.120. The number of rotatable bonds is 14. The molecular formula is C21H42O. The summed E-state index contributed by atoms with van der Waals surface area (Å²) >= 11 is 0. The van der Waals surface area contributed by atoms with Crippen LogP contribution in [0.2, 0.25) is 0 Å². The van der Waals surface area contributed by atoms with Gasteiger partial charge >= 0.3 is 0 Å². The summed E-state index contributed by atoms with van der Waals surface area (Å²) in [5.41, 5.74) is 0.500. The van der Waals surface area contributed by atoms with E-state index in [0.717, 1.165) is 12.8 Å². The Hall–Kier alpha value is -0.300. The monoisotopic (exact) mass is 310 g/mol. The first-order valence-electron chi connectivity index (χ1n) is 9.79. The molecule has 1 atom stereocenters. The Bertz CT molecular complexity index is 249. The summed E-state index contributed by atoms with van der Waals surface area (Å²) in [6, 6.07) is 0. The topological polar surface area (TPSA) is 20.2 Å².